The highest BCUT2D eigenvalue weighted by molar-refractivity contribution is 6.30. The third-order valence-electron chi connectivity index (χ3n) is 2.36. The fourth-order valence-electron chi connectivity index (χ4n) is 1.44. The smallest absolute Gasteiger partial charge is 0.326 e. The van der Waals surface area contributed by atoms with Gasteiger partial charge in [0.2, 0.25) is 0 Å². The maximum Gasteiger partial charge on any atom is 0.326 e. The van der Waals surface area contributed by atoms with Crippen LogP contribution in [0.4, 0.5) is 0 Å². The summed E-state index contributed by atoms with van der Waals surface area (Å²) in [4.78, 5) is 37.9. The van der Waals surface area contributed by atoms with Crippen LogP contribution in [0.1, 0.15) is 5.69 Å². The lowest BCUT2D eigenvalue weighted by Gasteiger charge is -2.04. The first-order chi connectivity index (χ1) is 10.5. The third-order valence-corrected chi connectivity index (χ3v) is 2.61. The molecule has 2 aromatic rings. The van der Waals surface area contributed by atoms with Crippen molar-refractivity contribution >= 4 is 23.7 Å². The molecule has 8 nitrogen and oxygen atoms in total. The van der Waals surface area contributed by atoms with E-state index in [9.17, 15) is 14.4 Å². The Kier molecular flexibility index (Phi) is 5.10. The highest BCUT2D eigenvalue weighted by atomic mass is 35.5. The van der Waals surface area contributed by atoms with Crippen LogP contribution < -0.4 is 21.4 Å². The van der Waals surface area contributed by atoms with E-state index in [4.69, 9.17) is 16.3 Å². The van der Waals surface area contributed by atoms with Gasteiger partial charge >= 0.3 is 5.69 Å². The number of aromatic nitrogens is 2. The second-order valence-electron chi connectivity index (χ2n) is 4.08. The molecule has 3 N–H and O–H groups in total. The predicted octanol–water partition coefficient (Wildman–Crippen LogP) is 0.246. The summed E-state index contributed by atoms with van der Waals surface area (Å²) in [5.41, 5.74) is 1.13. The van der Waals surface area contributed by atoms with Gasteiger partial charge in [0.25, 0.3) is 11.5 Å². The molecule has 0 bridgehead atoms. The standard InChI is InChI=1S/C13H11ClN4O4/c14-8-1-3-10(4-2-8)22-7-12(20)18-15-6-9-5-11(19)17-13(21)16-9/h1-6H,7H2,(H,18,20)(H2,16,17,19,21). The molecule has 1 aromatic carbocycles. The number of ether oxygens (including phenoxy) is 1. The molecule has 0 aliphatic rings. The third kappa shape index (κ3) is 4.91. The number of nitrogens with zero attached hydrogens (tertiary/aromatic N) is 1. The van der Waals surface area contributed by atoms with E-state index in [2.05, 4.69) is 15.5 Å². The van der Waals surface area contributed by atoms with Gasteiger partial charge in [0.05, 0.1) is 11.9 Å². The topological polar surface area (TPSA) is 116 Å². The molecule has 1 aromatic heterocycles. The Morgan fingerprint density at radius 2 is 2.00 bits per heavy atom. The van der Waals surface area contributed by atoms with Crippen molar-refractivity contribution in [1.82, 2.24) is 15.4 Å². The van der Waals surface area contributed by atoms with Crippen LogP contribution in [0.25, 0.3) is 0 Å². The summed E-state index contributed by atoms with van der Waals surface area (Å²) in [5, 5.41) is 4.16. The number of halogens is 1. The minimum absolute atomic E-state index is 0.160. The Labute approximate surface area is 128 Å². The van der Waals surface area contributed by atoms with Crippen molar-refractivity contribution in [2.75, 3.05) is 6.61 Å². The molecule has 22 heavy (non-hydrogen) atoms. The average molecular weight is 323 g/mol. The zero-order valence-corrected chi connectivity index (χ0v) is 11.9. The fourth-order valence-corrected chi connectivity index (χ4v) is 1.57. The number of hydrogen-bond acceptors (Lipinski definition) is 5. The van der Waals surface area contributed by atoms with Crippen molar-refractivity contribution in [3.63, 3.8) is 0 Å². The molecule has 0 radical (unpaired) electrons. The summed E-state index contributed by atoms with van der Waals surface area (Å²) in [7, 11) is 0. The number of aromatic amines is 2. The number of amides is 1. The van der Waals surface area contributed by atoms with Crippen LogP contribution in [-0.2, 0) is 4.79 Å². The lowest BCUT2D eigenvalue weighted by Crippen LogP contribution is -2.26. The largest absolute Gasteiger partial charge is 0.484 e. The second-order valence-corrected chi connectivity index (χ2v) is 4.52. The van der Waals surface area contributed by atoms with Crippen LogP contribution >= 0.6 is 11.6 Å². The predicted molar refractivity (Wildman–Crippen MR) is 80.4 cm³/mol. The molecular weight excluding hydrogens is 312 g/mol. The number of carbonyl (C=O) groups is 1. The van der Waals surface area contributed by atoms with Crippen molar-refractivity contribution in [3.8, 4) is 5.75 Å². The Morgan fingerprint density at radius 3 is 2.68 bits per heavy atom. The van der Waals surface area contributed by atoms with Gasteiger partial charge in [0.1, 0.15) is 5.75 Å². The first kappa shape index (κ1) is 15.5. The van der Waals surface area contributed by atoms with Gasteiger partial charge in [-0.05, 0) is 24.3 Å². The van der Waals surface area contributed by atoms with Gasteiger partial charge in [0, 0.05) is 11.1 Å². The van der Waals surface area contributed by atoms with Crippen LogP contribution in [0, 0.1) is 0 Å². The zero-order valence-electron chi connectivity index (χ0n) is 11.1. The monoisotopic (exact) mass is 322 g/mol. The number of nitrogens with one attached hydrogen (secondary N) is 3. The number of rotatable bonds is 5. The van der Waals surface area contributed by atoms with Crippen molar-refractivity contribution < 1.29 is 9.53 Å². The lowest BCUT2D eigenvalue weighted by molar-refractivity contribution is -0.123. The molecule has 0 atom stereocenters. The Bertz CT molecular complexity index is 766. The van der Waals surface area contributed by atoms with E-state index in [1.54, 1.807) is 24.3 Å². The van der Waals surface area contributed by atoms with Gasteiger partial charge in [-0.25, -0.2) is 10.2 Å². The Hall–Kier alpha value is -2.87. The van der Waals surface area contributed by atoms with E-state index in [1.165, 1.54) is 0 Å². The van der Waals surface area contributed by atoms with Crippen molar-refractivity contribution in [3.05, 3.63) is 61.9 Å². The van der Waals surface area contributed by atoms with Gasteiger partial charge in [-0.1, -0.05) is 11.6 Å². The Balaban J connectivity index is 1.84. The number of hydrogen-bond donors (Lipinski definition) is 3. The van der Waals surface area contributed by atoms with Crippen LogP contribution in [0.5, 0.6) is 5.75 Å². The summed E-state index contributed by atoms with van der Waals surface area (Å²) >= 11 is 5.72. The van der Waals surface area contributed by atoms with Crippen LogP contribution in [0.15, 0.2) is 45.0 Å². The second kappa shape index (κ2) is 7.23. The highest BCUT2D eigenvalue weighted by Gasteiger charge is 2.01. The first-order valence-electron chi connectivity index (χ1n) is 6.07. The van der Waals surface area contributed by atoms with Crippen LogP contribution in [0.2, 0.25) is 5.02 Å². The van der Waals surface area contributed by atoms with E-state index < -0.39 is 17.2 Å². The summed E-state index contributed by atoms with van der Waals surface area (Å²) in [6.07, 6.45) is 1.14. The van der Waals surface area contributed by atoms with Crippen LogP contribution in [0.3, 0.4) is 0 Å². The summed E-state index contributed by atoms with van der Waals surface area (Å²) in [5.74, 6) is -0.0131. The molecule has 0 aliphatic carbocycles. The summed E-state index contributed by atoms with van der Waals surface area (Å²) in [6.45, 7) is -0.245. The van der Waals surface area contributed by atoms with Crippen molar-refractivity contribution in [2.24, 2.45) is 5.10 Å². The molecule has 114 valence electrons. The van der Waals surface area contributed by atoms with Crippen molar-refractivity contribution in [2.45, 2.75) is 0 Å². The molecule has 0 saturated heterocycles. The fraction of sp³-hybridized carbons (Fsp3) is 0.0769. The SMILES string of the molecule is O=C(COc1ccc(Cl)cc1)NN=Cc1cc(=O)[nH]c(=O)[nH]1. The maximum atomic E-state index is 11.5. The normalized spacial score (nSPS) is 10.6. The van der Waals surface area contributed by atoms with Gasteiger partial charge < -0.3 is 9.72 Å². The van der Waals surface area contributed by atoms with Gasteiger partial charge in [-0.3, -0.25) is 14.6 Å². The molecule has 0 spiro atoms. The number of hydrazone groups is 1. The summed E-state index contributed by atoms with van der Waals surface area (Å²) < 4.78 is 5.21. The average Bonchev–Trinajstić information content (AvgIpc) is 2.46. The van der Waals surface area contributed by atoms with E-state index in [0.29, 0.717) is 10.8 Å². The summed E-state index contributed by atoms with van der Waals surface area (Å²) in [6, 6.07) is 7.65. The lowest BCUT2D eigenvalue weighted by atomic mass is 10.3. The van der Waals surface area contributed by atoms with Crippen LogP contribution in [-0.4, -0.2) is 28.7 Å². The molecular formula is C13H11ClN4O4. The number of benzene rings is 1. The molecule has 0 aliphatic heterocycles. The molecule has 0 fully saturated rings. The first-order valence-corrected chi connectivity index (χ1v) is 6.44. The van der Waals surface area contributed by atoms with E-state index in [1.807, 2.05) is 4.98 Å². The van der Waals surface area contributed by atoms with E-state index in [0.717, 1.165) is 12.3 Å². The molecule has 0 unspecified atom stereocenters. The quantitative estimate of drug-likeness (QED) is 0.540. The van der Waals surface area contributed by atoms with Gasteiger partial charge in [0.15, 0.2) is 6.61 Å². The highest BCUT2D eigenvalue weighted by Crippen LogP contribution is 2.15. The molecule has 0 saturated carbocycles. The molecule has 1 amide bonds. The zero-order chi connectivity index (χ0) is 15.9. The van der Waals surface area contributed by atoms with Gasteiger partial charge in [-0.2, -0.15) is 5.10 Å². The molecule has 9 heteroatoms. The number of H-pyrrole nitrogens is 2. The Morgan fingerprint density at radius 1 is 1.27 bits per heavy atom. The minimum atomic E-state index is -0.661. The minimum Gasteiger partial charge on any atom is -0.484 e. The van der Waals surface area contributed by atoms with E-state index >= 15 is 0 Å². The van der Waals surface area contributed by atoms with E-state index in [-0.39, 0.29) is 12.3 Å². The maximum absolute atomic E-state index is 11.5. The van der Waals surface area contributed by atoms with Gasteiger partial charge in [-0.15, -0.1) is 0 Å². The molecule has 2 rings (SSSR count). The molecule has 1 heterocycles. The number of carbonyl (C=O) groups excluding carboxylic acids is 1. The van der Waals surface area contributed by atoms with Crippen molar-refractivity contribution in [1.29, 1.82) is 0 Å².